The second-order valence-corrected chi connectivity index (χ2v) is 4.96. The van der Waals surface area contributed by atoms with Crippen LogP contribution >= 0.6 is 0 Å². The van der Waals surface area contributed by atoms with E-state index in [1.54, 1.807) is 12.1 Å². The summed E-state index contributed by atoms with van der Waals surface area (Å²) in [5.41, 5.74) is 2.38. The van der Waals surface area contributed by atoms with Crippen molar-refractivity contribution >= 4 is 5.69 Å². The molecule has 0 saturated carbocycles. The van der Waals surface area contributed by atoms with Gasteiger partial charge < -0.3 is 5.32 Å². The molecule has 1 aromatic heterocycles. The summed E-state index contributed by atoms with van der Waals surface area (Å²) >= 11 is 0. The van der Waals surface area contributed by atoms with E-state index in [0.717, 1.165) is 24.9 Å². The van der Waals surface area contributed by atoms with Crippen molar-refractivity contribution in [1.82, 2.24) is 15.1 Å². The smallest absolute Gasteiger partial charge is 0.269 e. The molecule has 1 heterocycles. The Morgan fingerprint density at radius 2 is 2.10 bits per heavy atom. The summed E-state index contributed by atoms with van der Waals surface area (Å²) in [4.78, 5) is 10.2. The van der Waals surface area contributed by atoms with Crippen LogP contribution in [0.15, 0.2) is 36.7 Å². The van der Waals surface area contributed by atoms with Gasteiger partial charge in [-0.25, -0.2) is 0 Å². The lowest BCUT2D eigenvalue weighted by molar-refractivity contribution is -0.384. The van der Waals surface area contributed by atoms with Gasteiger partial charge in [0.15, 0.2) is 0 Å². The Hall–Kier alpha value is -2.21. The zero-order valence-electron chi connectivity index (χ0n) is 12.3. The van der Waals surface area contributed by atoms with Gasteiger partial charge in [-0.1, -0.05) is 19.1 Å². The van der Waals surface area contributed by atoms with E-state index in [4.69, 9.17) is 0 Å². The van der Waals surface area contributed by atoms with E-state index in [0.29, 0.717) is 6.04 Å². The summed E-state index contributed by atoms with van der Waals surface area (Å²) in [6.45, 7) is 2.90. The van der Waals surface area contributed by atoms with E-state index in [9.17, 15) is 10.1 Å². The molecule has 0 aliphatic heterocycles. The van der Waals surface area contributed by atoms with E-state index in [-0.39, 0.29) is 10.6 Å². The molecule has 0 amide bonds. The van der Waals surface area contributed by atoms with Crippen molar-refractivity contribution < 1.29 is 4.92 Å². The highest BCUT2D eigenvalue weighted by atomic mass is 16.6. The average Bonchev–Trinajstić information content (AvgIpc) is 2.96. The number of nitro groups is 1. The second-order valence-electron chi connectivity index (χ2n) is 4.96. The summed E-state index contributed by atoms with van der Waals surface area (Å²) in [6.07, 6.45) is 5.76. The topological polar surface area (TPSA) is 73.0 Å². The molecule has 21 heavy (non-hydrogen) atoms. The molecule has 1 unspecified atom stereocenters. The van der Waals surface area contributed by atoms with Gasteiger partial charge in [-0.3, -0.25) is 14.8 Å². The predicted octanol–water partition coefficient (Wildman–Crippen LogP) is 2.70. The minimum absolute atomic E-state index is 0.125. The van der Waals surface area contributed by atoms with Crippen LogP contribution in [0.1, 0.15) is 30.5 Å². The Morgan fingerprint density at radius 3 is 2.67 bits per heavy atom. The Morgan fingerprint density at radius 1 is 1.38 bits per heavy atom. The van der Waals surface area contributed by atoms with Crippen LogP contribution in [-0.2, 0) is 13.0 Å². The number of rotatable bonds is 7. The van der Waals surface area contributed by atoms with E-state index < -0.39 is 0 Å². The molecule has 2 rings (SSSR count). The molecule has 6 heteroatoms. The third-order valence-corrected chi connectivity index (χ3v) is 3.59. The van der Waals surface area contributed by atoms with E-state index in [2.05, 4.69) is 23.5 Å². The van der Waals surface area contributed by atoms with E-state index in [1.165, 1.54) is 17.7 Å². The highest BCUT2D eigenvalue weighted by Crippen LogP contribution is 2.16. The monoisotopic (exact) mass is 288 g/mol. The SMILES string of the molecule is CCC(NC)c1cnn(CCc2ccc([N+](=O)[O-])cc2)c1. The number of nitrogens with zero attached hydrogens (tertiary/aromatic N) is 3. The Balaban J connectivity index is 1.95. The lowest BCUT2D eigenvalue weighted by Gasteiger charge is -2.10. The Labute approximate surface area is 123 Å². The predicted molar refractivity (Wildman–Crippen MR) is 81.1 cm³/mol. The molecule has 0 saturated heterocycles. The second kappa shape index (κ2) is 6.99. The van der Waals surface area contributed by atoms with Crippen molar-refractivity contribution in [1.29, 1.82) is 0 Å². The number of non-ortho nitro benzene ring substituents is 1. The fourth-order valence-electron chi connectivity index (χ4n) is 2.32. The molecule has 0 radical (unpaired) electrons. The Kier molecular flexibility index (Phi) is 5.05. The van der Waals surface area contributed by atoms with Gasteiger partial charge in [-0.05, 0) is 25.5 Å². The zero-order chi connectivity index (χ0) is 15.2. The molecule has 0 aliphatic rings. The van der Waals surface area contributed by atoms with E-state index in [1.807, 2.05) is 17.9 Å². The van der Waals surface area contributed by atoms with Crippen LogP contribution < -0.4 is 5.32 Å². The van der Waals surface area contributed by atoms with Gasteiger partial charge in [0.05, 0.1) is 11.1 Å². The number of nitro benzene ring substituents is 1. The van der Waals surface area contributed by atoms with Crippen LogP contribution in [0.4, 0.5) is 5.69 Å². The number of aryl methyl sites for hydroxylation is 2. The fraction of sp³-hybridized carbons (Fsp3) is 0.400. The average molecular weight is 288 g/mol. The maximum Gasteiger partial charge on any atom is 0.269 e. The summed E-state index contributed by atoms with van der Waals surface area (Å²) in [6, 6.07) is 7.00. The maximum atomic E-state index is 10.6. The molecule has 2 aromatic rings. The Bertz CT molecular complexity index is 588. The van der Waals surface area contributed by atoms with Crippen LogP contribution in [-0.4, -0.2) is 21.8 Å². The lowest BCUT2D eigenvalue weighted by Crippen LogP contribution is -2.14. The standard InChI is InChI=1S/C15H20N4O2/c1-3-15(16-2)13-10-17-18(11-13)9-8-12-4-6-14(7-5-12)19(20)21/h4-7,10-11,15-16H,3,8-9H2,1-2H3. The minimum Gasteiger partial charge on any atom is -0.313 e. The molecule has 0 aliphatic carbocycles. The van der Waals surface area contributed by atoms with Gasteiger partial charge in [0.25, 0.3) is 5.69 Å². The third kappa shape index (κ3) is 3.88. The molecule has 1 atom stereocenters. The van der Waals surface area contributed by atoms with Crippen molar-refractivity contribution in [3.8, 4) is 0 Å². The highest BCUT2D eigenvalue weighted by Gasteiger charge is 2.09. The minimum atomic E-state index is -0.383. The molecule has 1 N–H and O–H groups in total. The number of aromatic nitrogens is 2. The van der Waals surface area contributed by atoms with Crippen LogP contribution in [0, 0.1) is 10.1 Å². The van der Waals surface area contributed by atoms with Gasteiger partial charge in [-0.15, -0.1) is 0 Å². The van der Waals surface area contributed by atoms with Crippen LogP contribution in [0.3, 0.4) is 0 Å². The first-order chi connectivity index (χ1) is 10.1. The lowest BCUT2D eigenvalue weighted by atomic mass is 10.1. The number of benzene rings is 1. The summed E-state index contributed by atoms with van der Waals surface area (Å²) in [5.74, 6) is 0. The van der Waals surface area contributed by atoms with Crippen molar-refractivity contribution in [3.63, 3.8) is 0 Å². The summed E-state index contributed by atoms with van der Waals surface area (Å²) < 4.78 is 1.91. The van der Waals surface area contributed by atoms with Crippen molar-refractivity contribution in [2.45, 2.75) is 32.4 Å². The van der Waals surface area contributed by atoms with Crippen LogP contribution in [0.5, 0.6) is 0 Å². The van der Waals surface area contributed by atoms with Crippen molar-refractivity contribution in [2.24, 2.45) is 0 Å². The first-order valence-electron chi connectivity index (χ1n) is 7.07. The maximum absolute atomic E-state index is 10.6. The van der Waals surface area contributed by atoms with Crippen molar-refractivity contribution in [3.05, 3.63) is 57.9 Å². The van der Waals surface area contributed by atoms with Gasteiger partial charge >= 0.3 is 0 Å². The van der Waals surface area contributed by atoms with Crippen LogP contribution in [0.2, 0.25) is 0 Å². The number of hydrogen-bond acceptors (Lipinski definition) is 4. The zero-order valence-corrected chi connectivity index (χ0v) is 12.3. The molecule has 6 nitrogen and oxygen atoms in total. The number of nitrogens with one attached hydrogen (secondary N) is 1. The fourth-order valence-corrected chi connectivity index (χ4v) is 2.32. The molecule has 112 valence electrons. The molecule has 1 aromatic carbocycles. The van der Waals surface area contributed by atoms with Gasteiger partial charge in [0.1, 0.15) is 0 Å². The van der Waals surface area contributed by atoms with Crippen molar-refractivity contribution in [2.75, 3.05) is 7.05 Å². The first-order valence-corrected chi connectivity index (χ1v) is 7.07. The number of hydrogen-bond donors (Lipinski definition) is 1. The molecule has 0 bridgehead atoms. The van der Waals surface area contributed by atoms with Crippen LogP contribution in [0.25, 0.3) is 0 Å². The van der Waals surface area contributed by atoms with Gasteiger partial charge in [-0.2, -0.15) is 5.10 Å². The molecule has 0 fully saturated rings. The first kappa shape index (κ1) is 15.2. The largest absolute Gasteiger partial charge is 0.313 e. The third-order valence-electron chi connectivity index (χ3n) is 3.59. The quantitative estimate of drug-likeness (QED) is 0.628. The normalized spacial score (nSPS) is 12.3. The van der Waals surface area contributed by atoms with Gasteiger partial charge in [0.2, 0.25) is 0 Å². The molecule has 0 spiro atoms. The van der Waals surface area contributed by atoms with E-state index >= 15 is 0 Å². The summed E-state index contributed by atoms with van der Waals surface area (Å²) in [7, 11) is 1.95. The highest BCUT2D eigenvalue weighted by molar-refractivity contribution is 5.32. The summed E-state index contributed by atoms with van der Waals surface area (Å²) in [5, 5.41) is 18.2. The van der Waals surface area contributed by atoms with Gasteiger partial charge in [0, 0.05) is 36.5 Å². The molecular formula is C15H20N4O2. The molecular weight excluding hydrogens is 268 g/mol.